The lowest BCUT2D eigenvalue weighted by Crippen LogP contribution is -2.36. The van der Waals surface area contributed by atoms with Gasteiger partial charge in [0.25, 0.3) is 5.91 Å². The number of nitrogens with zero attached hydrogens (tertiary/aromatic N) is 2. The highest BCUT2D eigenvalue weighted by molar-refractivity contribution is 7.89. The number of hydrogen-bond acceptors (Lipinski definition) is 5. The van der Waals surface area contributed by atoms with E-state index in [1.165, 1.54) is 6.07 Å². The van der Waals surface area contributed by atoms with Crippen LogP contribution in [0.1, 0.15) is 29.8 Å². The molecule has 0 radical (unpaired) electrons. The molecular formula is C16H24N4O3S. The maximum atomic E-state index is 12.2. The molecule has 132 valence electrons. The van der Waals surface area contributed by atoms with Crippen molar-refractivity contribution in [3.05, 3.63) is 29.3 Å². The van der Waals surface area contributed by atoms with Gasteiger partial charge in [0, 0.05) is 24.7 Å². The van der Waals surface area contributed by atoms with E-state index in [1.54, 1.807) is 25.1 Å². The fraction of sp³-hybridized carbons (Fsp3) is 0.500. The molecule has 0 bridgehead atoms. The Labute approximate surface area is 143 Å². The molecule has 1 amide bonds. The van der Waals surface area contributed by atoms with Crippen molar-refractivity contribution in [2.45, 2.75) is 31.7 Å². The summed E-state index contributed by atoms with van der Waals surface area (Å²) in [5.41, 5.74) is 0.779. The molecule has 1 rings (SSSR count). The van der Waals surface area contributed by atoms with Crippen LogP contribution in [0.25, 0.3) is 0 Å². The predicted molar refractivity (Wildman–Crippen MR) is 92.1 cm³/mol. The zero-order valence-corrected chi connectivity index (χ0v) is 15.3. The molecule has 0 saturated heterocycles. The van der Waals surface area contributed by atoms with Gasteiger partial charge in [-0.2, -0.15) is 9.98 Å². The van der Waals surface area contributed by atoms with E-state index in [0.29, 0.717) is 24.7 Å². The van der Waals surface area contributed by atoms with Gasteiger partial charge in [-0.1, -0.05) is 6.07 Å². The van der Waals surface area contributed by atoms with Crippen LogP contribution in [0.4, 0.5) is 0 Å². The fourth-order valence-electron chi connectivity index (χ4n) is 1.94. The number of aryl methyl sites for hydroxylation is 1. The Balaban J connectivity index is 2.85. The first-order valence-electron chi connectivity index (χ1n) is 7.64. The minimum Gasteiger partial charge on any atom is -0.351 e. The second-order valence-corrected chi connectivity index (χ2v) is 7.53. The average Bonchev–Trinajstić information content (AvgIpc) is 2.52. The van der Waals surface area contributed by atoms with Crippen LogP contribution >= 0.6 is 0 Å². The number of carbonyl (C=O) groups excluding carboxylic acids is 1. The van der Waals surface area contributed by atoms with E-state index in [0.717, 1.165) is 0 Å². The summed E-state index contributed by atoms with van der Waals surface area (Å²) in [6, 6.07) is 6.60. The minimum atomic E-state index is -3.82. The number of sulfonamides is 1. The van der Waals surface area contributed by atoms with Crippen LogP contribution in [0.15, 0.2) is 23.1 Å². The van der Waals surface area contributed by atoms with Crippen LogP contribution in [0.3, 0.4) is 0 Å². The summed E-state index contributed by atoms with van der Waals surface area (Å²) < 4.78 is 26.5. The standard InChI is InChI=1S/C16H24N4O3S/c1-12(2)20(4)10-9-18-16(21)14-6-5-13(3)15(11-14)24(22,23)19-8-7-17/h5-6,11-12,19H,8-10H2,1-4H3,(H,18,21). The van der Waals surface area contributed by atoms with Crippen molar-refractivity contribution in [3.8, 4) is 6.07 Å². The van der Waals surface area contributed by atoms with E-state index in [9.17, 15) is 13.2 Å². The summed E-state index contributed by atoms with van der Waals surface area (Å²) in [7, 11) is -1.85. The lowest BCUT2D eigenvalue weighted by atomic mass is 10.1. The highest BCUT2D eigenvalue weighted by atomic mass is 32.2. The number of carbonyl (C=O) groups is 1. The van der Waals surface area contributed by atoms with Gasteiger partial charge in [-0.05, 0) is 45.5 Å². The molecule has 0 atom stereocenters. The third kappa shape index (κ3) is 5.60. The molecule has 0 aliphatic carbocycles. The smallest absolute Gasteiger partial charge is 0.251 e. The van der Waals surface area contributed by atoms with Crippen molar-refractivity contribution in [2.24, 2.45) is 0 Å². The van der Waals surface area contributed by atoms with Gasteiger partial charge in [0.05, 0.1) is 17.5 Å². The molecule has 0 heterocycles. The van der Waals surface area contributed by atoms with Gasteiger partial charge in [0.15, 0.2) is 0 Å². The van der Waals surface area contributed by atoms with Crippen LogP contribution in [-0.4, -0.2) is 51.9 Å². The summed E-state index contributed by atoms with van der Waals surface area (Å²) in [4.78, 5) is 14.3. The van der Waals surface area contributed by atoms with Crippen LogP contribution in [0.2, 0.25) is 0 Å². The molecule has 0 unspecified atom stereocenters. The number of benzene rings is 1. The average molecular weight is 352 g/mol. The summed E-state index contributed by atoms with van der Waals surface area (Å²) >= 11 is 0. The second kappa shape index (κ2) is 8.78. The number of amides is 1. The molecule has 0 aromatic heterocycles. The Kier molecular flexibility index (Phi) is 7.35. The molecular weight excluding hydrogens is 328 g/mol. The van der Waals surface area contributed by atoms with Gasteiger partial charge < -0.3 is 10.2 Å². The normalized spacial score (nSPS) is 11.5. The van der Waals surface area contributed by atoms with Crippen LogP contribution in [0, 0.1) is 18.3 Å². The molecule has 7 nitrogen and oxygen atoms in total. The number of rotatable bonds is 8. The Bertz CT molecular complexity index is 723. The highest BCUT2D eigenvalue weighted by Gasteiger charge is 2.18. The molecule has 24 heavy (non-hydrogen) atoms. The SMILES string of the molecule is Cc1ccc(C(=O)NCCN(C)C(C)C)cc1S(=O)(=O)NCC#N. The molecule has 1 aromatic carbocycles. The zero-order chi connectivity index (χ0) is 18.3. The zero-order valence-electron chi connectivity index (χ0n) is 14.5. The Hall–Kier alpha value is -1.95. The first kappa shape index (κ1) is 20.1. The first-order valence-corrected chi connectivity index (χ1v) is 9.13. The van der Waals surface area contributed by atoms with Crippen molar-refractivity contribution >= 4 is 15.9 Å². The molecule has 0 aliphatic heterocycles. The van der Waals surface area contributed by atoms with Gasteiger partial charge in [0.1, 0.15) is 0 Å². The Morgan fingerprint density at radius 1 is 1.38 bits per heavy atom. The summed E-state index contributed by atoms with van der Waals surface area (Å²) in [5, 5.41) is 11.3. The fourth-order valence-corrected chi connectivity index (χ4v) is 3.13. The van der Waals surface area contributed by atoms with E-state index in [2.05, 4.69) is 28.8 Å². The molecule has 1 aromatic rings. The van der Waals surface area contributed by atoms with Crippen molar-refractivity contribution in [3.63, 3.8) is 0 Å². The number of nitrogens with one attached hydrogen (secondary N) is 2. The van der Waals surface area contributed by atoms with Crippen LogP contribution in [-0.2, 0) is 10.0 Å². The first-order chi connectivity index (χ1) is 11.2. The van der Waals surface area contributed by atoms with E-state index in [4.69, 9.17) is 5.26 Å². The van der Waals surface area contributed by atoms with Crippen molar-refractivity contribution < 1.29 is 13.2 Å². The molecule has 0 saturated carbocycles. The third-order valence-corrected chi connectivity index (χ3v) is 5.26. The van der Waals surface area contributed by atoms with Crippen molar-refractivity contribution in [2.75, 3.05) is 26.7 Å². The van der Waals surface area contributed by atoms with Gasteiger partial charge in [-0.3, -0.25) is 4.79 Å². The van der Waals surface area contributed by atoms with Gasteiger partial charge in [-0.25, -0.2) is 8.42 Å². The maximum absolute atomic E-state index is 12.2. The minimum absolute atomic E-state index is 0.00435. The summed E-state index contributed by atoms with van der Waals surface area (Å²) in [6.45, 7) is 6.61. The molecule has 0 fully saturated rings. The monoisotopic (exact) mass is 352 g/mol. The predicted octanol–water partition coefficient (Wildman–Crippen LogP) is 0.867. The molecule has 8 heteroatoms. The topological polar surface area (TPSA) is 102 Å². The van der Waals surface area contributed by atoms with E-state index in [1.807, 2.05) is 7.05 Å². The number of likely N-dealkylation sites (N-methyl/N-ethyl adjacent to an activating group) is 1. The van der Waals surface area contributed by atoms with E-state index >= 15 is 0 Å². The Morgan fingerprint density at radius 3 is 2.62 bits per heavy atom. The lowest BCUT2D eigenvalue weighted by molar-refractivity contribution is 0.0948. The lowest BCUT2D eigenvalue weighted by Gasteiger charge is -2.20. The van der Waals surface area contributed by atoms with Gasteiger partial charge in [-0.15, -0.1) is 0 Å². The molecule has 2 N–H and O–H groups in total. The summed E-state index contributed by atoms with van der Waals surface area (Å²) in [5.74, 6) is -0.330. The molecule has 0 spiro atoms. The quantitative estimate of drug-likeness (QED) is 0.676. The molecule has 0 aliphatic rings. The van der Waals surface area contributed by atoms with Gasteiger partial charge >= 0.3 is 0 Å². The second-order valence-electron chi connectivity index (χ2n) is 5.79. The van der Waals surface area contributed by atoms with E-state index < -0.39 is 10.0 Å². The summed E-state index contributed by atoms with van der Waals surface area (Å²) in [6.07, 6.45) is 0. The highest BCUT2D eigenvalue weighted by Crippen LogP contribution is 2.17. The third-order valence-electron chi connectivity index (χ3n) is 3.71. The number of hydrogen-bond donors (Lipinski definition) is 2. The van der Waals surface area contributed by atoms with Crippen molar-refractivity contribution in [1.29, 1.82) is 5.26 Å². The van der Waals surface area contributed by atoms with E-state index in [-0.39, 0.29) is 22.9 Å². The van der Waals surface area contributed by atoms with Crippen molar-refractivity contribution in [1.82, 2.24) is 14.9 Å². The maximum Gasteiger partial charge on any atom is 0.251 e. The number of nitriles is 1. The Morgan fingerprint density at radius 2 is 2.04 bits per heavy atom. The van der Waals surface area contributed by atoms with Crippen LogP contribution < -0.4 is 10.0 Å². The van der Waals surface area contributed by atoms with Gasteiger partial charge in [0.2, 0.25) is 10.0 Å². The largest absolute Gasteiger partial charge is 0.351 e. The van der Waals surface area contributed by atoms with Crippen LogP contribution in [0.5, 0.6) is 0 Å².